The van der Waals surface area contributed by atoms with Crippen molar-refractivity contribution >= 4 is 49.9 Å². The first-order valence-corrected chi connectivity index (χ1v) is 12.7. The number of nitro groups is 1. The van der Waals surface area contributed by atoms with Gasteiger partial charge in [0.05, 0.1) is 33.2 Å². The standard InChI is InChI=1S/C20H13ClIN5O6S/c21-14-4-3-13(7-16(14)27(30)31)34(32,33)24-9-12-6-17(24)18-19(28)26(20(29)25(12)18)11-2-1-10(8-23)15(22)5-11/h1-5,7,12,17,28H,6,9H2/t12-,17-/m0/s1. The van der Waals surface area contributed by atoms with Gasteiger partial charge in [-0.05, 0) is 59.3 Å². The van der Waals surface area contributed by atoms with E-state index in [0.717, 1.165) is 21.0 Å². The molecule has 0 radical (unpaired) electrons. The van der Waals surface area contributed by atoms with Crippen LogP contribution in [0.3, 0.4) is 0 Å². The molecule has 2 aliphatic rings. The van der Waals surface area contributed by atoms with Crippen molar-refractivity contribution in [3.8, 4) is 17.6 Å². The molecule has 3 heterocycles. The van der Waals surface area contributed by atoms with E-state index in [0.29, 0.717) is 21.2 Å². The third kappa shape index (κ3) is 3.17. The Bertz CT molecular complexity index is 1610. The summed E-state index contributed by atoms with van der Waals surface area (Å²) in [6.07, 6.45) is 0.290. The number of aromatic hydroxyl groups is 1. The number of hydrogen-bond donors (Lipinski definition) is 1. The van der Waals surface area contributed by atoms with E-state index in [4.69, 9.17) is 16.9 Å². The molecule has 0 saturated carbocycles. The summed E-state index contributed by atoms with van der Waals surface area (Å²) in [5.41, 5.74) is -0.131. The van der Waals surface area contributed by atoms with Gasteiger partial charge in [-0.15, -0.1) is 0 Å². The van der Waals surface area contributed by atoms with Gasteiger partial charge in [-0.3, -0.25) is 14.7 Å². The number of sulfonamides is 1. The Hall–Kier alpha value is -2.93. The molecule has 174 valence electrons. The molecule has 2 bridgehead atoms. The van der Waals surface area contributed by atoms with Crippen LogP contribution in [0.1, 0.15) is 29.8 Å². The highest BCUT2D eigenvalue weighted by Gasteiger charge is 2.52. The largest absolute Gasteiger partial charge is 0.493 e. The van der Waals surface area contributed by atoms with Gasteiger partial charge in [0, 0.05) is 16.2 Å². The molecule has 11 nitrogen and oxygen atoms in total. The molecule has 2 atom stereocenters. The average Bonchev–Trinajstić information content (AvgIpc) is 3.45. The second-order valence-corrected chi connectivity index (χ2v) is 11.3. The zero-order valence-electron chi connectivity index (χ0n) is 16.9. The predicted molar refractivity (Wildman–Crippen MR) is 128 cm³/mol. The highest BCUT2D eigenvalue weighted by atomic mass is 127. The molecule has 1 fully saturated rings. The fourth-order valence-corrected chi connectivity index (χ4v) is 7.03. The number of nitriles is 1. The Balaban J connectivity index is 1.59. The monoisotopic (exact) mass is 613 g/mol. The highest BCUT2D eigenvalue weighted by molar-refractivity contribution is 14.1. The molecule has 3 aromatic rings. The number of nitrogens with zero attached hydrogens (tertiary/aromatic N) is 5. The lowest BCUT2D eigenvalue weighted by molar-refractivity contribution is -0.384. The molecule has 0 unspecified atom stereocenters. The maximum absolute atomic E-state index is 13.4. The minimum absolute atomic E-state index is 0.0231. The molecule has 5 rings (SSSR count). The molecule has 1 N–H and O–H groups in total. The van der Waals surface area contributed by atoms with Crippen LogP contribution in [0.2, 0.25) is 5.02 Å². The topological polar surface area (TPSA) is 151 Å². The van der Waals surface area contributed by atoms with Crippen molar-refractivity contribution in [1.29, 1.82) is 5.26 Å². The van der Waals surface area contributed by atoms with Gasteiger partial charge in [-0.2, -0.15) is 9.57 Å². The molecule has 1 aromatic heterocycles. The van der Waals surface area contributed by atoms with E-state index >= 15 is 0 Å². The number of fused-ring (bicyclic) bond motifs is 5. The number of imidazole rings is 1. The van der Waals surface area contributed by atoms with Gasteiger partial charge < -0.3 is 5.11 Å². The van der Waals surface area contributed by atoms with E-state index in [2.05, 4.69) is 0 Å². The Morgan fingerprint density at radius 3 is 2.65 bits per heavy atom. The highest BCUT2D eigenvalue weighted by Crippen LogP contribution is 2.50. The molecule has 2 aliphatic heterocycles. The number of benzene rings is 2. The first-order chi connectivity index (χ1) is 16.1. The van der Waals surface area contributed by atoms with Crippen LogP contribution in [-0.4, -0.2) is 38.4 Å². The van der Waals surface area contributed by atoms with Crippen molar-refractivity contribution < 1.29 is 18.4 Å². The van der Waals surface area contributed by atoms with Gasteiger partial charge in [0.15, 0.2) is 0 Å². The van der Waals surface area contributed by atoms with Gasteiger partial charge in [0.25, 0.3) is 5.69 Å². The lowest BCUT2D eigenvalue weighted by atomic mass is 10.2. The normalized spacial score (nSPS) is 19.2. The molecule has 0 aliphatic carbocycles. The Kier molecular flexibility index (Phi) is 5.24. The molecule has 1 saturated heterocycles. The summed E-state index contributed by atoms with van der Waals surface area (Å²) in [5, 5.41) is 31.1. The van der Waals surface area contributed by atoms with Crippen molar-refractivity contribution in [2.24, 2.45) is 0 Å². The maximum atomic E-state index is 13.4. The fraction of sp³-hybridized carbons (Fsp3) is 0.200. The van der Waals surface area contributed by atoms with Crippen LogP contribution in [-0.2, 0) is 10.0 Å². The van der Waals surface area contributed by atoms with Gasteiger partial charge >= 0.3 is 5.69 Å². The Labute approximate surface area is 210 Å². The van der Waals surface area contributed by atoms with Gasteiger partial charge in [0.1, 0.15) is 16.8 Å². The second kappa shape index (κ2) is 7.80. The van der Waals surface area contributed by atoms with E-state index in [1.807, 2.05) is 28.7 Å². The molecule has 34 heavy (non-hydrogen) atoms. The molecular weight excluding hydrogens is 601 g/mol. The smallest absolute Gasteiger partial charge is 0.336 e. The zero-order chi connectivity index (χ0) is 24.5. The minimum Gasteiger partial charge on any atom is -0.493 e. The van der Waals surface area contributed by atoms with Crippen LogP contribution < -0.4 is 5.69 Å². The number of hydrogen-bond acceptors (Lipinski definition) is 7. The zero-order valence-corrected chi connectivity index (χ0v) is 20.7. The van der Waals surface area contributed by atoms with Crippen LogP contribution in [0, 0.1) is 25.0 Å². The number of aromatic nitrogens is 2. The summed E-state index contributed by atoms with van der Waals surface area (Å²) in [4.78, 5) is 23.3. The van der Waals surface area contributed by atoms with E-state index in [-0.39, 0.29) is 28.0 Å². The molecule has 0 spiro atoms. The lowest BCUT2D eigenvalue weighted by Crippen LogP contribution is -2.37. The van der Waals surface area contributed by atoms with Crippen molar-refractivity contribution in [2.75, 3.05) is 6.54 Å². The first-order valence-electron chi connectivity index (χ1n) is 9.78. The fourth-order valence-electron chi connectivity index (χ4n) is 4.57. The molecular formula is C20H13ClIN5O6S. The van der Waals surface area contributed by atoms with Gasteiger partial charge in [0.2, 0.25) is 15.9 Å². The third-order valence-electron chi connectivity index (χ3n) is 6.06. The summed E-state index contributed by atoms with van der Waals surface area (Å²) >= 11 is 7.77. The average molecular weight is 614 g/mol. The number of halogens is 2. The van der Waals surface area contributed by atoms with E-state index in [9.17, 15) is 28.4 Å². The van der Waals surface area contributed by atoms with Crippen LogP contribution in [0.25, 0.3) is 5.69 Å². The van der Waals surface area contributed by atoms with Crippen molar-refractivity contribution in [3.05, 3.63) is 76.8 Å². The lowest BCUT2D eigenvalue weighted by Gasteiger charge is -2.26. The Morgan fingerprint density at radius 2 is 2.00 bits per heavy atom. The van der Waals surface area contributed by atoms with Crippen LogP contribution in [0.5, 0.6) is 5.88 Å². The number of rotatable bonds is 4. The quantitative estimate of drug-likeness (QED) is 0.270. The van der Waals surface area contributed by atoms with Crippen LogP contribution in [0.4, 0.5) is 5.69 Å². The summed E-state index contributed by atoms with van der Waals surface area (Å²) in [6, 6.07) is 8.59. The van der Waals surface area contributed by atoms with E-state index in [1.54, 1.807) is 6.07 Å². The van der Waals surface area contributed by atoms with Crippen LogP contribution in [0.15, 0.2) is 46.1 Å². The van der Waals surface area contributed by atoms with Crippen molar-refractivity contribution in [2.45, 2.75) is 23.4 Å². The second-order valence-electron chi connectivity index (χ2n) is 7.82. The summed E-state index contributed by atoms with van der Waals surface area (Å²) in [7, 11) is -4.19. The number of nitro benzene ring substituents is 1. The van der Waals surface area contributed by atoms with Gasteiger partial charge in [-0.1, -0.05) is 11.6 Å². The first kappa shape index (κ1) is 22.8. The minimum atomic E-state index is -4.19. The maximum Gasteiger partial charge on any atom is 0.336 e. The third-order valence-corrected chi connectivity index (χ3v) is 9.15. The summed E-state index contributed by atoms with van der Waals surface area (Å²) < 4.78 is 30.9. The Morgan fingerprint density at radius 1 is 1.26 bits per heavy atom. The predicted octanol–water partition coefficient (Wildman–Crippen LogP) is 3.07. The van der Waals surface area contributed by atoms with Gasteiger partial charge in [-0.25, -0.2) is 17.8 Å². The van der Waals surface area contributed by atoms with Crippen molar-refractivity contribution in [3.63, 3.8) is 0 Å². The molecule has 0 amide bonds. The van der Waals surface area contributed by atoms with E-state index < -0.39 is 38.4 Å². The molecule has 14 heteroatoms. The van der Waals surface area contributed by atoms with E-state index in [1.165, 1.54) is 22.8 Å². The summed E-state index contributed by atoms with van der Waals surface area (Å²) in [6.45, 7) is -0.0231. The van der Waals surface area contributed by atoms with Crippen molar-refractivity contribution in [1.82, 2.24) is 13.4 Å². The summed E-state index contributed by atoms with van der Waals surface area (Å²) in [5.74, 6) is -0.389. The van der Waals surface area contributed by atoms with Crippen LogP contribution >= 0.6 is 34.2 Å². The molecule has 2 aromatic carbocycles. The SMILES string of the molecule is N#Cc1ccc(-n2c(O)c3n(c2=O)[C@H]2C[C@@H]3N(S(=O)(=O)c3ccc(Cl)c([N+](=O)[O-])c3)C2)cc1I.